The second-order valence-electron chi connectivity index (χ2n) is 20.3. The summed E-state index contributed by atoms with van der Waals surface area (Å²) in [6.45, 7) is 4.96. The number of esters is 1. The topological polar surface area (TPSA) is 95.9 Å². The van der Waals surface area contributed by atoms with Crippen molar-refractivity contribution in [1.82, 2.24) is 5.32 Å². The van der Waals surface area contributed by atoms with E-state index in [1.165, 1.54) is 257 Å². The van der Waals surface area contributed by atoms with Gasteiger partial charge in [0.25, 0.3) is 0 Å². The number of hydrogen-bond acceptors (Lipinski definition) is 5. The van der Waals surface area contributed by atoms with Gasteiger partial charge in [0.15, 0.2) is 0 Å². The highest BCUT2D eigenvalue weighted by molar-refractivity contribution is 5.76. The third kappa shape index (κ3) is 51.8. The number of carbonyl (C=O) groups is 2. The fourth-order valence-corrected chi connectivity index (χ4v) is 9.28. The van der Waals surface area contributed by atoms with Crippen molar-refractivity contribution in [1.29, 1.82) is 0 Å². The number of hydrogen-bond donors (Lipinski definition) is 3. The van der Waals surface area contributed by atoms with Crippen LogP contribution in [-0.2, 0) is 14.3 Å². The highest BCUT2D eigenvalue weighted by atomic mass is 16.5. The molecule has 0 aromatic heterocycles. The van der Waals surface area contributed by atoms with Crippen LogP contribution < -0.4 is 5.32 Å². The molecule has 1 amide bonds. The number of ether oxygens (including phenoxy) is 1. The summed E-state index contributed by atoms with van der Waals surface area (Å²) in [4.78, 5) is 24.5. The molecular formula is C59H115NO5. The molecule has 386 valence electrons. The molecule has 65 heavy (non-hydrogen) atoms. The van der Waals surface area contributed by atoms with Gasteiger partial charge in [-0.3, -0.25) is 9.59 Å². The summed E-state index contributed by atoms with van der Waals surface area (Å²) >= 11 is 0. The van der Waals surface area contributed by atoms with Gasteiger partial charge in [-0.05, 0) is 51.4 Å². The van der Waals surface area contributed by atoms with E-state index in [4.69, 9.17) is 4.74 Å². The molecule has 6 heteroatoms. The Balaban J connectivity index is 3.39. The molecule has 0 saturated carbocycles. The largest absolute Gasteiger partial charge is 0.466 e. The van der Waals surface area contributed by atoms with Gasteiger partial charge in [-0.1, -0.05) is 276 Å². The maximum Gasteiger partial charge on any atom is 0.305 e. The molecule has 2 unspecified atom stereocenters. The lowest BCUT2D eigenvalue weighted by Crippen LogP contribution is -2.45. The Bertz CT molecular complexity index is 970. The monoisotopic (exact) mass is 918 g/mol. The van der Waals surface area contributed by atoms with E-state index < -0.39 is 12.1 Å². The number of carbonyl (C=O) groups excluding carboxylic acids is 2. The molecule has 0 rings (SSSR count). The lowest BCUT2D eigenvalue weighted by Gasteiger charge is -2.22. The summed E-state index contributed by atoms with van der Waals surface area (Å²) in [6, 6.07) is -0.544. The molecule has 0 aromatic rings. The molecule has 2 atom stereocenters. The summed E-state index contributed by atoms with van der Waals surface area (Å²) in [7, 11) is 0. The molecule has 0 bridgehead atoms. The van der Waals surface area contributed by atoms with Crippen LogP contribution in [0.4, 0.5) is 0 Å². The average Bonchev–Trinajstić information content (AvgIpc) is 3.31. The number of rotatable bonds is 55. The molecule has 0 aliphatic rings. The molecule has 0 heterocycles. The van der Waals surface area contributed by atoms with E-state index in [1.807, 2.05) is 0 Å². The van der Waals surface area contributed by atoms with Crippen LogP contribution >= 0.6 is 0 Å². The van der Waals surface area contributed by atoms with E-state index in [9.17, 15) is 19.8 Å². The Morgan fingerprint density at radius 2 is 0.723 bits per heavy atom. The van der Waals surface area contributed by atoms with Crippen molar-refractivity contribution in [2.75, 3.05) is 13.2 Å². The fourth-order valence-electron chi connectivity index (χ4n) is 9.28. The molecule has 0 aliphatic carbocycles. The van der Waals surface area contributed by atoms with Crippen LogP contribution in [-0.4, -0.2) is 47.4 Å². The number of aliphatic hydroxyl groups is 2. The zero-order valence-electron chi connectivity index (χ0n) is 44.0. The Morgan fingerprint density at radius 3 is 1.09 bits per heavy atom. The first-order valence-electron chi connectivity index (χ1n) is 29.4. The van der Waals surface area contributed by atoms with Crippen LogP contribution in [0.3, 0.4) is 0 Å². The molecule has 0 spiro atoms. The van der Waals surface area contributed by atoms with Gasteiger partial charge in [-0.2, -0.15) is 0 Å². The zero-order chi connectivity index (χ0) is 47.2. The van der Waals surface area contributed by atoms with Crippen LogP contribution in [0.1, 0.15) is 328 Å². The minimum Gasteiger partial charge on any atom is -0.466 e. The van der Waals surface area contributed by atoms with Crippen LogP contribution in [0.25, 0.3) is 0 Å². The molecule has 0 aromatic carbocycles. The van der Waals surface area contributed by atoms with E-state index in [0.29, 0.717) is 25.9 Å². The Hall–Kier alpha value is -1.40. The molecule has 0 fully saturated rings. The first-order valence-corrected chi connectivity index (χ1v) is 29.4. The van der Waals surface area contributed by atoms with Gasteiger partial charge in [0.05, 0.1) is 25.4 Å². The van der Waals surface area contributed by atoms with E-state index in [-0.39, 0.29) is 18.5 Å². The van der Waals surface area contributed by atoms with Gasteiger partial charge >= 0.3 is 5.97 Å². The second kappa shape index (κ2) is 55.2. The maximum absolute atomic E-state index is 12.5. The van der Waals surface area contributed by atoms with E-state index in [1.54, 1.807) is 0 Å². The Kier molecular flexibility index (Phi) is 54.0. The zero-order valence-corrected chi connectivity index (χ0v) is 44.0. The predicted octanol–water partition coefficient (Wildman–Crippen LogP) is 18.1. The predicted molar refractivity (Wildman–Crippen MR) is 283 cm³/mol. The normalized spacial score (nSPS) is 12.6. The van der Waals surface area contributed by atoms with Crippen molar-refractivity contribution in [2.24, 2.45) is 0 Å². The minimum atomic E-state index is -0.666. The minimum absolute atomic E-state index is 0.0126. The highest BCUT2D eigenvalue weighted by Crippen LogP contribution is 2.17. The summed E-state index contributed by atoms with van der Waals surface area (Å²) in [5, 5.41) is 23.2. The van der Waals surface area contributed by atoms with E-state index in [0.717, 1.165) is 38.5 Å². The van der Waals surface area contributed by atoms with Gasteiger partial charge in [0.2, 0.25) is 5.91 Å². The molecule has 6 nitrogen and oxygen atoms in total. The van der Waals surface area contributed by atoms with Crippen LogP contribution in [0.5, 0.6) is 0 Å². The number of aliphatic hydroxyl groups excluding tert-OH is 2. The van der Waals surface area contributed by atoms with Gasteiger partial charge in [0, 0.05) is 12.8 Å². The summed E-state index contributed by atoms with van der Waals surface area (Å²) in [5.41, 5.74) is 0. The molecule has 0 saturated heterocycles. The average molecular weight is 919 g/mol. The van der Waals surface area contributed by atoms with Crippen molar-refractivity contribution in [2.45, 2.75) is 341 Å². The third-order valence-electron chi connectivity index (χ3n) is 13.8. The summed E-state index contributed by atoms with van der Waals surface area (Å²) < 4.78 is 5.47. The first-order chi connectivity index (χ1) is 32.0. The highest BCUT2D eigenvalue weighted by Gasteiger charge is 2.20. The molecular weight excluding hydrogens is 803 g/mol. The fraction of sp³-hybridized carbons (Fsp3) is 0.932. The van der Waals surface area contributed by atoms with Gasteiger partial charge < -0.3 is 20.3 Å². The van der Waals surface area contributed by atoms with Crippen molar-refractivity contribution < 1.29 is 24.5 Å². The van der Waals surface area contributed by atoms with Crippen LogP contribution in [0.2, 0.25) is 0 Å². The second-order valence-corrected chi connectivity index (χ2v) is 20.3. The number of unbranched alkanes of at least 4 members (excludes halogenated alkanes) is 42. The molecule has 0 radical (unpaired) electrons. The lowest BCUT2D eigenvalue weighted by molar-refractivity contribution is -0.143. The summed E-state index contributed by atoms with van der Waals surface area (Å²) in [6.07, 6.45) is 65.0. The smallest absolute Gasteiger partial charge is 0.305 e. The van der Waals surface area contributed by atoms with Crippen molar-refractivity contribution in [3.63, 3.8) is 0 Å². The number of nitrogens with one attached hydrogen (secondary N) is 1. The summed E-state index contributed by atoms with van der Waals surface area (Å²) in [5.74, 6) is -0.0275. The number of amides is 1. The Labute approximate surface area is 406 Å². The SMILES string of the molecule is CCCCCCCCCCCCCCCC(O)C(CO)NC(=O)CCCCCCCCC/C=C\CCCCCCCCCCCCCCOC(=O)CCCCCCCCCCCCCC. The molecule has 3 N–H and O–H groups in total. The van der Waals surface area contributed by atoms with Crippen molar-refractivity contribution in [3.05, 3.63) is 12.2 Å². The number of allylic oxidation sites excluding steroid dienone is 2. The van der Waals surface area contributed by atoms with Crippen LogP contribution in [0, 0.1) is 0 Å². The maximum atomic E-state index is 12.5. The lowest BCUT2D eigenvalue weighted by atomic mass is 10.0. The van der Waals surface area contributed by atoms with Crippen LogP contribution in [0.15, 0.2) is 12.2 Å². The first kappa shape index (κ1) is 63.6. The quantitative estimate of drug-likeness (QED) is 0.0321. The van der Waals surface area contributed by atoms with Gasteiger partial charge in [-0.25, -0.2) is 0 Å². The van der Waals surface area contributed by atoms with E-state index in [2.05, 4.69) is 31.3 Å². The molecule has 0 aliphatic heterocycles. The van der Waals surface area contributed by atoms with E-state index >= 15 is 0 Å². The standard InChI is InChI=1S/C59H115NO5/c1-3-5-7-9-11-13-15-28-31-35-39-43-47-51-57(62)56(55-61)60-58(63)52-48-44-40-36-32-29-26-24-22-20-18-17-19-21-23-25-27-30-34-38-42-46-50-54-65-59(64)53-49-45-41-37-33-16-14-12-10-8-6-4-2/h20,22,56-57,61-62H,3-19,21,23-55H2,1-2H3,(H,60,63)/b22-20-. The Morgan fingerprint density at radius 1 is 0.415 bits per heavy atom. The van der Waals surface area contributed by atoms with Crippen molar-refractivity contribution >= 4 is 11.9 Å². The van der Waals surface area contributed by atoms with Gasteiger partial charge in [0.1, 0.15) is 0 Å². The third-order valence-corrected chi connectivity index (χ3v) is 13.8. The van der Waals surface area contributed by atoms with Gasteiger partial charge in [-0.15, -0.1) is 0 Å². The van der Waals surface area contributed by atoms with Crippen molar-refractivity contribution in [3.8, 4) is 0 Å².